The summed E-state index contributed by atoms with van der Waals surface area (Å²) < 4.78 is 0. The number of hydrogen-bond donors (Lipinski definition) is 1. The minimum Gasteiger partial charge on any atom is -0.331 e. The fourth-order valence-electron chi connectivity index (χ4n) is 1.18. The Labute approximate surface area is 91.9 Å². The highest BCUT2D eigenvalue weighted by Gasteiger charge is 2.09. The van der Waals surface area contributed by atoms with Crippen molar-refractivity contribution in [2.24, 2.45) is 0 Å². The van der Waals surface area contributed by atoms with Crippen LogP contribution in [0.4, 0.5) is 4.79 Å². The van der Waals surface area contributed by atoms with Crippen LogP contribution in [0, 0.1) is 0 Å². The third kappa shape index (κ3) is 3.31. The molecule has 0 saturated carbocycles. The molecule has 4 heteroatoms. The van der Waals surface area contributed by atoms with Crippen LogP contribution < -0.4 is 10.8 Å². The lowest BCUT2D eigenvalue weighted by Gasteiger charge is -2.18. The van der Waals surface area contributed by atoms with Gasteiger partial charge in [0, 0.05) is 14.1 Å². The van der Waals surface area contributed by atoms with E-state index in [1.165, 1.54) is 4.90 Å². The summed E-state index contributed by atoms with van der Waals surface area (Å²) in [6.07, 6.45) is 0. The molecule has 1 N–H and O–H groups in total. The largest absolute Gasteiger partial charge is 0.331 e. The zero-order valence-corrected chi connectivity index (χ0v) is 9.32. The number of nitrogens with one attached hydrogen (secondary N) is 1. The molecule has 0 fully saturated rings. The number of benzene rings is 1. The second kappa shape index (κ2) is 4.87. The molecule has 0 aliphatic rings. The third-order valence-electron chi connectivity index (χ3n) is 2.18. The molecule has 0 spiro atoms. The molecule has 2 radical (unpaired) electrons. The molecule has 15 heavy (non-hydrogen) atoms. The van der Waals surface area contributed by atoms with Crippen molar-refractivity contribution in [1.29, 1.82) is 0 Å². The van der Waals surface area contributed by atoms with E-state index in [0.29, 0.717) is 0 Å². The molecule has 0 aromatic heterocycles. The molecule has 0 aliphatic carbocycles. The van der Waals surface area contributed by atoms with Crippen molar-refractivity contribution in [2.75, 3.05) is 14.1 Å². The number of hydrogen-bond acceptors (Lipinski definition) is 1. The first-order valence-corrected chi connectivity index (χ1v) is 4.84. The maximum Gasteiger partial charge on any atom is 0.317 e. The van der Waals surface area contributed by atoms with Gasteiger partial charge in [-0.1, -0.05) is 29.7 Å². The van der Waals surface area contributed by atoms with Crippen LogP contribution in [0.1, 0.15) is 18.5 Å². The van der Waals surface area contributed by atoms with Crippen LogP contribution in [-0.4, -0.2) is 32.9 Å². The topological polar surface area (TPSA) is 32.3 Å². The number of urea groups is 1. The van der Waals surface area contributed by atoms with Gasteiger partial charge in [0.1, 0.15) is 7.85 Å². The molecule has 1 rings (SSSR count). The Morgan fingerprint density at radius 3 is 2.33 bits per heavy atom. The molecular formula is C11H15BN2O. The van der Waals surface area contributed by atoms with Gasteiger partial charge < -0.3 is 10.2 Å². The van der Waals surface area contributed by atoms with Gasteiger partial charge >= 0.3 is 6.03 Å². The van der Waals surface area contributed by atoms with Gasteiger partial charge in [-0.05, 0) is 12.5 Å². The van der Waals surface area contributed by atoms with Crippen LogP contribution in [-0.2, 0) is 0 Å². The van der Waals surface area contributed by atoms with Gasteiger partial charge in [-0.15, -0.1) is 0 Å². The van der Waals surface area contributed by atoms with Gasteiger partial charge in [-0.25, -0.2) is 4.79 Å². The van der Waals surface area contributed by atoms with Crippen LogP contribution in [0.2, 0.25) is 0 Å². The van der Waals surface area contributed by atoms with Crippen LogP contribution in [0.5, 0.6) is 0 Å². The molecule has 1 aromatic carbocycles. The zero-order chi connectivity index (χ0) is 11.4. The Morgan fingerprint density at radius 1 is 1.33 bits per heavy atom. The average molecular weight is 202 g/mol. The first-order chi connectivity index (χ1) is 7.00. The Balaban J connectivity index is 2.65. The smallest absolute Gasteiger partial charge is 0.317 e. The van der Waals surface area contributed by atoms with Gasteiger partial charge in [-0.3, -0.25) is 0 Å². The standard InChI is InChI=1S/C11H15BN2O/c1-8(13-11(15)14(2)3)9-4-6-10(12)7-5-9/h4-8H,1-3H3,(H,13,15)/t8-/m0/s1. The summed E-state index contributed by atoms with van der Waals surface area (Å²) in [4.78, 5) is 12.9. The summed E-state index contributed by atoms with van der Waals surface area (Å²) in [5, 5.41) is 2.86. The van der Waals surface area contributed by atoms with Gasteiger partial charge in [-0.2, -0.15) is 0 Å². The molecule has 2 amide bonds. The first-order valence-electron chi connectivity index (χ1n) is 4.84. The van der Waals surface area contributed by atoms with Gasteiger partial charge in [0.25, 0.3) is 0 Å². The predicted octanol–water partition coefficient (Wildman–Crippen LogP) is 0.813. The third-order valence-corrected chi connectivity index (χ3v) is 2.18. The van der Waals surface area contributed by atoms with Crippen molar-refractivity contribution in [1.82, 2.24) is 10.2 Å². The van der Waals surface area contributed by atoms with Crippen molar-refractivity contribution in [2.45, 2.75) is 13.0 Å². The van der Waals surface area contributed by atoms with Crippen LogP contribution in [0.25, 0.3) is 0 Å². The SMILES string of the molecule is [B]c1ccc([C@H](C)NC(=O)N(C)C)cc1. The van der Waals surface area contributed by atoms with E-state index in [2.05, 4.69) is 5.32 Å². The molecule has 0 bridgehead atoms. The van der Waals surface area contributed by atoms with E-state index in [9.17, 15) is 4.79 Å². The molecule has 1 atom stereocenters. The molecule has 78 valence electrons. The lowest BCUT2D eigenvalue weighted by molar-refractivity contribution is 0.214. The van der Waals surface area contributed by atoms with E-state index in [1.807, 2.05) is 31.2 Å². The van der Waals surface area contributed by atoms with E-state index in [-0.39, 0.29) is 12.1 Å². The van der Waals surface area contributed by atoms with Crippen molar-refractivity contribution in [3.63, 3.8) is 0 Å². The Morgan fingerprint density at radius 2 is 1.87 bits per heavy atom. The summed E-state index contributed by atoms with van der Waals surface area (Å²) in [6.45, 7) is 1.94. The lowest BCUT2D eigenvalue weighted by Crippen LogP contribution is -2.36. The molecule has 0 aliphatic heterocycles. The summed E-state index contributed by atoms with van der Waals surface area (Å²) in [6, 6.07) is 7.37. The van der Waals surface area contributed by atoms with Crippen LogP contribution in [0.3, 0.4) is 0 Å². The highest BCUT2D eigenvalue weighted by molar-refractivity contribution is 6.32. The van der Waals surface area contributed by atoms with E-state index in [4.69, 9.17) is 7.85 Å². The Kier molecular flexibility index (Phi) is 3.77. The van der Waals surface area contributed by atoms with Crippen LogP contribution >= 0.6 is 0 Å². The molecule has 0 heterocycles. The highest BCUT2D eigenvalue weighted by Crippen LogP contribution is 2.10. The molecule has 1 aromatic rings. The number of carbonyl (C=O) groups is 1. The second-order valence-corrected chi connectivity index (χ2v) is 3.73. The second-order valence-electron chi connectivity index (χ2n) is 3.73. The summed E-state index contributed by atoms with van der Waals surface area (Å²) in [5.74, 6) is 0. The molecule has 3 nitrogen and oxygen atoms in total. The normalized spacial score (nSPS) is 11.9. The molecule has 0 unspecified atom stereocenters. The monoisotopic (exact) mass is 202 g/mol. The number of carbonyl (C=O) groups excluding carboxylic acids is 1. The fraction of sp³-hybridized carbons (Fsp3) is 0.364. The van der Waals surface area contributed by atoms with Crippen molar-refractivity contribution in [3.8, 4) is 0 Å². The zero-order valence-electron chi connectivity index (χ0n) is 9.32. The maximum atomic E-state index is 11.4. The van der Waals surface area contributed by atoms with Gasteiger partial charge in [0.2, 0.25) is 0 Å². The number of amides is 2. The summed E-state index contributed by atoms with van der Waals surface area (Å²) in [7, 11) is 9.01. The minimum atomic E-state index is -0.0978. The van der Waals surface area contributed by atoms with Crippen molar-refractivity contribution in [3.05, 3.63) is 29.8 Å². The molecular weight excluding hydrogens is 187 g/mol. The van der Waals surface area contributed by atoms with E-state index in [0.717, 1.165) is 11.0 Å². The summed E-state index contributed by atoms with van der Waals surface area (Å²) in [5.41, 5.74) is 1.77. The van der Waals surface area contributed by atoms with Gasteiger partial charge in [0.15, 0.2) is 0 Å². The number of rotatable bonds is 2. The fourth-order valence-corrected chi connectivity index (χ4v) is 1.18. The quantitative estimate of drug-likeness (QED) is 0.707. The molecule has 0 saturated heterocycles. The van der Waals surface area contributed by atoms with E-state index < -0.39 is 0 Å². The maximum absolute atomic E-state index is 11.4. The van der Waals surface area contributed by atoms with Gasteiger partial charge in [0.05, 0.1) is 6.04 Å². The van der Waals surface area contributed by atoms with E-state index >= 15 is 0 Å². The van der Waals surface area contributed by atoms with E-state index in [1.54, 1.807) is 14.1 Å². The lowest BCUT2D eigenvalue weighted by atomic mass is 9.94. The Bertz CT molecular complexity index is 335. The average Bonchev–Trinajstić information content (AvgIpc) is 2.18. The van der Waals surface area contributed by atoms with Crippen LogP contribution in [0.15, 0.2) is 24.3 Å². The number of nitrogens with zero attached hydrogens (tertiary/aromatic N) is 1. The summed E-state index contributed by atoms with van der Waals surface area (Å²) >= 11 is 0. The Hall–Kier alpha value is -1.45. The highest BCUT2D eigenvalue weighted by atomic mass is 16.2. The van der Waals surface area contributed by atoms with Crippen molar-refractivity contribution >= 4 is 19.3 Å². The predicted molar refractivity (Wildman–Crippen MR) is 62.5 cm³/mol. The minimum absolute atomic E-state index is 0.0134. The first kappa shape index (κ1) is 11.6. The van der Waals surface area contributed by atoms with Crippen molar-refractivity contribution < 1.29 is 4.79 Å².